The zero-order valence-electron chi connectivity index (χ0n) is 9.31. The highest BCUT2D eigenvalue weighted by Gasteiger charge is 2.44. The van der Waals surface area contributed by atoms with Gasteiger partial charge in [0.05, 0.1) is 6.04 Å². The Bertz CT molecular complexity index is 389. The number of nitrogens with one attached hydrogen (secondary N) is 1. The Morgan fingerprint density at radius 3 is 2.56 bits per heavy atom. The maximum Gasteiger partial charge on any atom is 0.334 e. The molecule has 2 N–H and O–H groups in total. The summed E-state index contributed by atoms with van der Waals surface area (Å²) in [7, 11) is 0. The highest BCUT2D eigenvalue weighted by Crippen LogP contribution is 2.31. The third-order valence-electron chi connectivity index (χ3n) is 2.63. The Morgan fingerprint density at radius 1 is 1.38 bits per heavy atom. The second-order valence-corrected chi connectivity index (χ2v) is 4.42. The van der Waals surface area contributed by atoms with Crippen molar-refractivity contribution < 1.29 is 14.6 Å². The molecule has 0 radical (unpaired) electrons. The summed E-state index contributed by atoms with van der Waals surface area (Å²) in [6, 6.07) is 9.19. The first-order valence-electron chi connectivity index (χ1n) is 5.23. The Labute approximate surface area is 94.2 Å². The zero-order chi connectivity index (χ0) is 11.8. The molecule has 1 aliphatic rings. The number of benzene rings is 1. The van der Waals surface area contributed by atoms with Crippen LogP contribution in [0, 0.1) is 0 Å². The second kappa shape index (κ2) is 3.88. The predicted octanol–water partition coefficient (Wildman–Crippen LogP) is 1.54. The van der Waals surface area contributed by atoms with E-state index in [1.54, 1.807) is 0 Å². The van der Waals surface area contributed by atoms with E-state index in [0.717, 1.165) is 5.56 Å². The van der Waals surface area contributed by atoms with Crippen LogP contribution >= 0.6 is 0 Å². The minimum atomic E-state index is -0.938. The number of carboxylic acid groups (broad SMARTS) is 1. The number of hydrogen-bond acceptors (Lipinski definition) is 3. The summed E-state index contributed by atoms with van der Waals surface area (Å²) in [6.07, 6.45) is -0.836. The van der Waals surface area contributed by atoms with E-state index in [1.165, 1.54) is 0 Å². The summed E-state index contributed by atoms with van der Waals surface area (Å²) < 4.78 is 5.47. The summed E-state index contributed by atoms with van der Waals surface area (Å²) >= 11 is 0. The third-order valence-corrected chi connectivity index (χ3v) is 2.63. The van der Waals surface area contributed by atoms with Crippen molar-refractivity contribution >= 4 is 5.97 Å². The van der Waals surface area contributed by atoms with Gasteiger partial charge in [-0.1, -0.05) is 30.3 Å². The van der Waals surface area contributed by atoms with E-state index in [4.69, 9.17) is 9.84 Å². The smallest absolute Gasteiger partial charge is 0.334 e. The highest BCUT2D eigenvalue weighted by atomic mass is 16.6. The average Bonchev–Trinajstić information content (AvgIpc) is 2.56. The molecule has 1 fully saturated rings. The van der Waals surface area contributed by atoms with Crippen molar-refractivity contribution in [2.24, 2.45) is 0 Å². The number of carboxylic acids is 1. The van der Waals surface area contributed by atoms with Crippen LogP contribution in [0.4, 0.5) is 0 Å². The van der Waals surface area contributed by atoms with Gasteiger partial charge < -0.3 is 9.84 Å². The van der Waals surface area contributed by atoms with Crippen molar-refractivity contribution in [2.75, 3.05) is 0 Å². The lowest BCUT2D eigenvalue weighted by Gasteiger charge is -2.17. The predicted molar refractivity (Wildman–Crippen MR) is 58.9 cm³/mol. The molecule has 0 unspecified atom stereocenters. The number of aliphatic carboxylic acids is 1. The zero-order valence-corrected chi connectivity index (χ0v) is 9.31. The lowest BCUT2D eigenvalue weighted by Crippen LogP contribution is -2.34. The lowest BCUT2D eigenvalue weighted by atomic mass is 10.0. The molecule has 0 aliphatic carbocycles. The Hall–Kier alpha value is -1.39. The van der Waals surface area contributed by atoms with Gasteiger partial charge in [-0.05, 0) is 19.4 Å². The van der Waals surface area contributed by atoms with Gasteiger partial charge in [-0.3, -0.25) is 5.32 Å². The van der Waals surface area contributed by atoms with E-state index in [9.17, 15) is 4.79 Å². The second-order valence-electron chi connectivity index (χ2n) is 4.42. The third kappa shape index (κ3) is 2.08. The van der Waals surface area contributed by atoms with Crippen LogP contribution in [0.25, 0.3) is 0 Å². The summed E-state index contributed by atoms with van der Waals surface area (Å²) in [4.78, 5) is 11.1. The Morgan fingerprint density at radius 2 is 2.00 bits per heavy atom. The lowest BCUT2D eigenvalue weighted by molar-refractivity contribution is -0.153. The molecule has 16 heavy (non-hydrogen) atoms. The van der Waals surface area contributed by atoms with Gasteiger partial charge in [0, 0.05) is 0 Å². The molecule has 2 rings (SSSR count). The fourth-order valence-corrected chi connectivity index (χ4v) is 1.98. The molecule has 1 aromatic carbocycles. The standard InChI is InChI=1S/C12H15NO3/c1-12(2)13-9(10(16-12)11(14)15)8-6-4-3-5-7-8/h3-7,9-10,13H,1-2H3,(H,14,15)/t9-,10+/m0/s1. The molecular formula is C12H15NO3. The summed E-state index contributed by atoms with van der Waals surface area (Å²) in [5.41, 5.74) is 0.323. The van der Waals surface area contributed by atoms with Crippen molar-refractivity contribution in [2.45, 2.75) is 31.7 Å². The molecule has 2 atom stereocenters. The maximum atomic E-state index is 11.1. The Balaban J connectivity index is 2.29. The number of hydrogen-bond donors (Lipinski definition) is 2. The van der Waals surface area contributed by atoms with Gasteiger partial charge in [-0.2, -0.15) is 0 Å². The van der Waals surface area contributed by atoms with Gasteiger partial charge in [0.1, 0.15) is 5.72 Å². The Kier molecular flexibility index (Phi) is 2.69. The SMILES string of the molecule is CC1(C)N[C@@H](c2ccccc2)[C@H](C(=O)O)O1. The van der Waals surface area contributed by atoms with E-state index < -0.39 is 17.8 Å². The van der Waals surface area contributed by atoms with E-state index in [-0.39, 0.29) is 6.04 Å². The molecule has 0 spiro atoms. The molecular weight excluding hydrogens is 206 g/mol. The maximum absolute atomic E-state index is 11.1. The minimum absolute atomic E-state index is 0.298. The summed E-state index contributed by atoms with van der Waals surface area (Å²) in [6.45, 7) is 3.65. The van der Waals surface area contributed by atoms with Crippen LogP contribution in [0.5, 0.6) is 0 Å². The molecule has 0 bridgehead atoms. The largest absolute Gasteiger partial charge is 0.479 e. The number of rotatable bonds is 2. The summed E-state index contributed by atoms with van der Waals surface area (Å²) in [5, 5.41) is 12.3. The number of carbonyl (C=O) groups is 1. The van der Waals surface area contributed by atoms with Crippen LogP contribution in [0.1, 0.15) is 25.5 Å². The topological polar surface area (TPSA) is 58.6 Å². The van der Waals surface area contributed by atoms with E-state index >= 15 is 0 Å². The summed E-state index contributed by atoms with van der Waals surface area (Å²) in [5.74, 6) is -0.938. The van der Waals surface area contributed by atoms with Crippen LogP contribution < -0.4 is 5.32 Å². The monoisotopic (exact) mass is 221 g/mol. The van der Waals surface area contributed by atoms with Crippen molar-refractivity contribution in [3.63, 3.8) is 0 Å². The van der Waals surface area contributed by atoms with Crippen LogP contribution in [-0.2, 0) is 9.53 Å². The van der Waals surface area contributed by atoms with E-state index in [1.807, 2.05) is 44.2 Å². The van der Waals surface area contributed by atoms with E-state index in [2.05, 4.69) is 5.32 Å². The quantitative estimate of drug-likeness (QED) is 0.795. The first-order valence-corrected chi connectivity index (χ1v) is 5.23. The molecule has 0 aromatic heterocycles. The average molecular weight is 221 g/mol. The molecule has 0 saturated carbocycles. The van der Waals surface area contributed by atoms with Crippen LogP contribution in [0.3, 0.4) is 0 Å². The minimum Gasteiger partial charge on any atom is -0.479 e. The molecule has 1 aromatic rings. The first kappa shape index (κ1) is 11.1. The van der Waals surface area contributed by atoms with Crippen molar-refractivity contribution in [1.29, 1.82) is 0 Å². The highest BCUT2D eigenvalue weighted by molar-refractivity contribution is 5.74. The molecule has 1 aliphatic heterocycles. The fraction of sp³-hybridized carbons (Fsp3) is 0.417. The van der Waals surface area contributed by atoms with Gasteiger partial charge in [0.2, 0.25) is 0 Å². The van der Waals surface area contributed by atoms with Gasteiger partial charge in [0.25, 0.3) is 0 Å². The normalized spacial score (nSPS) is 27.9. The van der Waals surface area contributed by atoms with Gasteiger partial charge in [-0.15, -0.1) is 0 Å². The van der Waals surface area contributed by atoms with Gasteiger partial charge in [-0.25, -0.2) is 4.79 Å². The molecule has 1 heterocycles. The van der Waals surface area contributed by atoms with Crippen molar-refractivity contribution in [3.8, 4) is 0 Å². The molecule has 4 nitrogen and oxygen atoms in total. The molecule has 1 saturated heterocycles. The van der Waals surface area contributed by atoms with Crippen LogP contribution in [0.2, 0.25) is 0 Å². The van der Waals surface area contributed by atoms with Gasteiger partial charge in [0.15, 0.2) is 6.10 Å². The molecule has 86 valence electrons. The first-order chi connectivity index (χ1) is 7.49. The van der Waals surface area contributed by atoms with E-state index in [0.29, 0.717) is 0 Å². The van der Waals surface area contributed by atoms with Crippen molar-refractivity contribution in [1.82, 2.24) is 5.32 Å². The van der Waals surface area contributed by atoms with Crippen LogP contribution in [0.15, 0.2) is 30.3 Å². The fourth-order valence-electron chi connectivity index (χ4n) is 1.98. The van der Waals surface area contributed by atoms with Gasteiger partial charge >= 0.3 is 5.97 Å². The van der Waals surface area contributed by atoms with Crippen LogP contribution in [-0.4, -0.2) is 22.9 Å². The molecule has 0 amide bonds. The number of ether oxygens (including phenoxy) is 1. The molecule has 4 heteroatoms. The van der Waals surface area contributed by atoms with Crippen molar-refractivity contribution in [3.05, 3.63) is 35.9 Å².